The summed E-state index contributed by atoms with van der Waals surface area (Å²) in [6.07, 6.45) is 2.01. The smallest absolute Gasteiger partial charge is 0.213 e. The Morgan fingerprint density at radius 2 is 2.38 bits per heavy atom. The molecular formula is C9H13N5OS. The maximum Gasteiger partial charge on any atom is 0.213 e. The molecule has 0 aromatic carbocycles. The fourth-order valence-corrected chi connectivity index (χ4v) is 1.73. The van der Waals surface area contributed by atoms with E-state index in [2.05, 4.69) is 38.7 Å². The Labute approximate surface area is 97.7 Å². The lowest BCUT2D eigenvalue weighted by Crippen LogP contribution is -2.08. The van der Waals surface area contributed by atoms with Crippen molar-refractivity contribution in [2.24, 2.45) is 0 Å². The Bertz CT molecular complexity index is 498. The fourth-order valence-electron chi connectivity index (χ4n) is 1.50. The van der Waals surface area contributed by atoms with Crippen molar-refractivity contribution in [2.45, 2.75) is 32.7 Å². The highest BCUT2D eigenvalue weighted by Crippen LogP contribution is 2.11. The van der Waals surface area contributed by atoms with Crippen molar-refractivity contribution in [1.82, 2.24) is 24.9 Å². The number of hydrogen-bond donors (Lipinski definition) is 1. The van der Waals surface area contributed by atoms with E-state index in [1.807, 2.05) is 4.57 Å². The number of aryl methyl sites for hydroxylation is 1. The Balaban J connectivity index is 2.14. The predicted molar refractivity (Wildman–Crippen MR) is 59.5 cm³/mol. The lowest BCUT2D eigenvalue weighted by atomic mass is 10.2. The van der Waals surface area contributed by atoms with Gasteiger partial charge < -0.3 is 9.09 Å². The molecule has 0 unspecified atom stereocenters. The minimum atomic E-state index is 0.332. The Kier molecular flexibility index (Phi) is 3.14. The predicted octanol–water partition coefficient (Wildman–Crippen LogP) is 1.69. The largest absolute Gasteiger partial charge is 0.343 e. The normalized spacial score (nSPS) is 11.2. The van der Waals surface area contributed by atoms with E-state index >= 15 is 0 Å². The van der Waals surface area contributed by atoms with Crippen LogP contribution in [0.1, 0.15) is 31.4 Å². The molecule has 0 aliphatic heterocycles. The number of aromatic nitrogens is 5. The van der Waals surface area contributed by atoms with Crippen molar-refractivity contribution < 1.29 is 4.52 Å². The summed E-state index contributed by atoms with van der Waals surface area (Å²) in [6, 6.07) is 0. The van der Waals surface area contributed by atoms with Gasteiger partial charge in [0.05, 0.1) is 0 Å². The van der Waals surface area contributed by atoms with Gasteiger partial charge in [-0.15, -0.1) is 0 Å². The highest BCUT2D eigenvalue weighted by molar-refractivity contribution is 7.71. The molecule has 0 saturated heterocycles. The first kappa shape index (κ1) is 11.0. The van der Waals surface area contributed by atoms with Crippen LogP contribution in [-0.2, 0) is 13.0 Å². The van der Waals surface area contributed by atoms with Gasteiger partial charge in [0.1, 0.15) is 5.82 Å². The first-order valence-corrected chi connectivity index (χ1v) is 5.49. The van der Waals surface area contributed by atoms with E-state index in [4.69, 9.17) is 12.2 Å². The number of rotatable bonds is 4. The van der Waals surface area contributed by atoms with Crippen molar-refractivity contribution in [1.29, 1.82) is 0 Å². The lowest BCUT2D eigenvalue weighted by Gasteiger charge is -2.07. The molecule has 0 bridgehead atoms. The van der Waals surface area contributed by atoms with Crippen molar-refractivity contribution in [3.8, 4) is 0 Å². The number of nitrogens with zero attached hydrogens (tertiary/aromatic N) is 4. The standard InChI is InChI=1S/C9H13N5OS/c1-6(2)8-11-12-9(16)14(8)4-3-7-10-5-15-13-7/h5-6H,3-4H2,1-2H3,(H,12,16). The Morgan fingerprint density at radius 1 is 1.56 bits per heavy atom. The maximum absolute atomic E-state index is 5.17. The molecule has 2 aromatic rings. The third-order valence-corrected chi connectivity index (χ3v) is 2.58. The van der Waals surface area contributed by atoms with Crippen LogP contribution in [0.2, 0.25) is 0 Å². The van der Waals surface area contributed by atoms with Gasteiger partial charge in [-0.3, -0.25) is 5.10 Å². The molecular weight excluding hydrogens is 226 g/mol. The van der Waals surface area contributed by atoms with E-state index in [1.54, 1.807) is 0 Å². The van der Waals surface area contributed by atoms with Crippen LogP contribution >= 0.6 is 12.2 Å². The zero-order valence-electron chi connectivity index (χ0n) is 9.17. The van der Waals surface area contributed by atoms with Crippen LogP contribution in [0.15, 0.2) is 10.9 Å². The van der Waals surface area contributed by atoms with Gasteiger partial charge in [0.25, 0.3) is 0 Å². The van der Waals surface area contributed by atoms with E-state index in [0.29, 0.717) is 29.5 Å². The first-order chi connectivity index (χ1) is 7.68. The molecule has 0 amide bonds. The van der Waals surface area contributed by atoms with Crippen molar-refractivity contribution in [3.05, 3.63) is 22.8 Å². The van der Waals surface area contributed by atoms with E-state index in [1.165, 1.54) is 6.39 Å². The minimum absolute atomic E-state index is 0.332. The zero-order chi connectivity index (χ0) is 11.5. The second kappa shape index (κ2) is 4.56. The van der Waals surface area contributed by atoms with Gasteiger partial charge in [0.15, 0.2) is 10.6 Å². The van der Waals surface area contributed by atoms with Gasteiger partial charge >= 0.3 is 0 Å². The Hall–Kier alpha value is -1.50. The molecule has 2 heterocycles. The number of aromatic amines is 1. The second-order valence-corrected chi connectivity index (χ2v) is 4.18. The maximum atomic E-state index is 5.17. The molecule has 16 heavy (non-hydrogen) atoms. The minimum Gasteiger partial charge on any atom is -0.343 e. The van der Waals surface area contributed by atoms with Crippen LogP contribution in [0.5, 0.6) is 0 Å². The summed E-state index contributed by atoms with van der Waals surface area (Å²) < 4.78 is 7.27. The van der Waals surface area contributed by atoms with Gasteiger partial charge in [-0.2, -0.15) is 10.1 Å². The van der Waals surface area contributed by atoms with Crippen LogP contribution in [-0.4, -0.2) is 24.9 Å². The molecule has 0 fully saturated rings. The molecule has 0 aliphatic carbocycles. The van der Waals surface area contributed by atoms with Crippen LogP contribution in [0, 0.1) is 4.77 Å². The van der Waals surface area contributed by atoms with Crippen LogP contribution in [0.4, 0.5) is 0 Å². The summed E-state index contributed by atoms with van der Waals surface area (Å²) in [6.45, 7) is 4.87. The van der Waals surface area contributed by atoms with E-state index < -0.39 is 0 Å². The average Bonchev–Trinajstić information content (AvgIpc) is 2.84. The third kappa shape index (κ3) is 2.19. The molecule has 1 N–H and O–H groups in total. The van der Waals surface area contributed by atoms with Gasteiger partial charge in [-0.05, 0) is 12.2 Å². The highest BCUT2D eigenvalue weighted by Gasteiger charge is 2.10. The molecule has 2 rings (SSSR count). The molecule has 0 aliphatic rings. The summed E-state index contributed by atoms with van der Waals surface area (Å²) in [7, 11) is 0. The monoisotopic (exact) mass is 239 g/mol. The molecule has 0 saturated carbocycles. The van der Waals surface area contributed by atoms with E-state index in [-0.39, 0.29) is 0 Å². The summed E-state index contributed by atoms with van der Waals surface area (Å²) in [5, 5.41) is 10.8. The summed E-state index contributed by atoms with van der Waals surface area (Å²) in [5.74, 6) is 1.96. The first-order valence-electron chi connectivity index (χ1n) is 5.09. The number of hydrogen-bond acceptors (Lipinski definition) is 5. The topological polar surface area (TPSA) is 72.5 Å². The summed E-state index contributed by atoms with van der Waals surface area (Å²) >= 11 is 5.17. The van der Waals surface area contributed by atoms with Crippen LogP contribution < -0.4 is 0 Å². The highest BCUT2D eigenvalue weighted by atomic mass is 32.1. The number of nitrogens with one attached hydrogen (secondary N) is 1. The molecule has 0 spiro atoms. The Morgan fingerprint density at radius 3 is 3.00 bits per heavy atom. The van der Waals surface area contributed by atoms with E-state index in [9.17, 15) is 0 Å². The SMILES string of the molecule is CC(C)c1n[nH]c(=S)n1CCc1ncon1. The van der Waals surface area contributed by atoms with Crippen LogP contribution in [0.25, 0.3) is 0 Å². The van der Waals surface area contributed by atoms with Crippen molar-refractivity contribution >= 4 is 12.2 Å². The van der Waals surface area contributed by atoms with Gasteiger partial charge in [-0.25, -0.2) is 0 Å². The molecule has 0 atom stereocenters. The van der Waals surface area contributed by atoms with Gasteiger partial charge in [0.2, 0.25) is 6.39 Å². The molecule has 0 radical (unpaired) electrons. The summed E-state index contributed by atoms with van der Waals surface area (Å²) in [4.78, 5) is 3.96. The van der Waals surface area contributed by atoms with Crippen LogP contribution in [0.3, 0.4) is 0 Å². The quantitative estimate of drug-likeness (QED) is 0.822. The number of H-pyrrole nitrogens is 1. The van der Waals surface area contributed by atoms with E-state index in [0.717, 1.165) is 5.82 Å². The van der Waals surface area contributed by atoms with Crippen molar-refractivity contribution in [2.75, 3.05) is 0 Å². The molecule has 86 valence electrons. The van der Waals surface area contributed by atoms with Crippen molar-refractivity contribution in [3.63, 3.8) is 0 Å². The fraction of sp³-hybridized carbons (Fsp3) is 0.556. The lowest BCUT2D eigenvalue weighted by molar-refractivity contribution is 0.408. The summed E-state index contributed by atoms with van der Waals surface area (Å²) in [5.41, 5.74) is 0. The zero-order valence-corrected chi connectivity index (χ0v) is 9.99. The van der Waals surface area contributed by atoms with Gasteiger partial charge in [0, 0.05) is 18.9 Å². The average molecular weight is 239 g/mol. The molecule has 2 aromatic heterocycles. The second-order valence-electron chi connectivity index (χ2n) is 3.79. The van der Waals surface area contributed by atoms with Gasteiger partial charge in [-0.1, -0.05) is 19.0 Å². The third-order valence-electron chi connectivity index (χ3n) is 2.27. The molecule has 7 heteroatoms. The molecule has 6 nitrogen and oxygen atoms in total.